The zero-order valence-corrected chi connectivity index (χ0v) is 24.9. The lowest BCUT2D eigenvalue weighted by Crippen LogP contribution is -1.90. The molecule has 46 heavy (non-hydrogen) atoms. The molecule has 8 rings (SSSR count). The van der Waals surface area contributed by atoms with E-state index in [0.717, 1.165) is 33.4 Å². The second-order valence-corrected chi connectivity index (χ2v) is 11.5. The summed E-state index contributed by atoms with van der Waals surface area (Å²) in [6, 6.07) is 57.0. The SMILES string of the molecule is [C-]#[N+]c1ccccc1-c1ccc(-c2cc3c4ccccc4c(-c4ccc(-c5ccccc5C#N)cc4)cc3c3ccccc23)cc1. The minimum atomic E-state index is 0.662. The lowest BCUT2D eigenvalue weighted by Gasteiger charge is -2.16. The highest BCUT2D eigenvalue weighted by atomic mass is 14.6. The first-order valence-corrected chi connectivity index (χ1v) is 15.3. The van der Waals surface area contributed by atoms with Crippen LogP contribution in [0.3, 0.4) is 0 Å². The Kier molecular flexibility index (Phi) is 6.61. The van der Waals surface area contributed by atoms with E-state index in [0.29, 0.717) is 11.3 Å². The van der Waals surface area contributed by atoms with Gasteiger partial charge in [-0.25, -0.2) is 4.85 Å². The Morgan fingerprint density at radius 2 is 0.783 bits per heavy atom. The number of nitriles is 1. The van der Waals surface area contributed by atoms with Gasteiger partial charge in [-0.3, -0.25) is 0 Å². The Morgan fingerprint density at radius 3 is 1.28 bits per heavy atom. The lowest BCUT2D eigenvalue weighted by molar-refractivity contribution is 1.48. The van der Waals surface area contributed by atoms with Crippen molar-refractivity contribution in [1.29, 1.82) is 5.26 Å². The van der Waals surface area contributed by atoms with Gasteiger partial charge < -0.3 is 0 Å². The molecule has 0 amide bonds. The van der Waals surface area contributed by atoms with Crippen molar-refractivity contribution >= 4 is 38.0 Å². The lowest BCUT2D eigenvalue weighted by atomic mass is 9.87. The molecule has 212 valence electrons. The van der Waals surface area contributed by atoms with Crippen molar-refractivity contribution in [1.82, 2.24) is 0 Å². The number of fused-ring (bicyclic) bond motifs is 5. The zero-order chi connectivity index (χ0) is 31.0. The van der Waals surface area contributed by atoms with Crippen LogP contribution in [-0.4, -0.2) is 0 Å². The van der Waals surface area contributed by atoms with E-state index in [4.69, 9.17) is 6.57 Å². The van der Waals surface area contributed by atoms with E-state index in [1.54, 1.807) is 0 Å². The molecule has 0 heterocycles. The van der Waals surface area contributed by atoms with Gasteiger partial charge in [0.15, 0.2) is 5.69 Å². The van der Waals surface area contributed by atoms with E-state index in [9.17, 15) is 5.26 Å². The fourth-order valence-corrected chi connectivity index (χ4v) is 6.73. The molecule has 2 nitrogen and oxygen atoms in total. The molecule has 0 saturated carbocycles. The van der Waals surface area contributed by atoms with E-state index in [1.165, 1.54) is 43.4 Å². The van der Waals surface area contributed by atoms with Crippen molar-refractivity contribution in [2.75, 3.05) is 0 Å². The topological polar surface area (TPSA) is 28.1 Å². The van der Waals surface area contributed by atoms with E-state index < -0.39 is 0 Å². The summed E-state index contributed by atoms with van der Waals surface area (Å²) in [5.41, 5.74) is 9.96. The van der Waals surface area contributed by atoms with Gasteiger partial charge in [-0.15, -0.1) is 0 Å². The third kappa shape index (κ3) is 4.49. The number of hydrogen-bond donors (Lipinski definition) is 0. The minimum Gasteiger partial charge on any atom is -0.238 e. The molecule has 0 fully saturated rings. The predicted molar refractivity (Wildman–Crippen MR) is 192 cm³/mol. The van der Waals surface area contributed by atoms with Crippen LogP contribution in [-0.2, 0) is 0 Å². The first kappa shape index (κ1) is 27.1. The molecule has 0 N–H and O–H groups in total. The Balaban J connectivity index is 1.30. The van der Waals surface area contributed by atoms with Gasteiger partial charge in [-0.1, -0.05) is 140 Å². The maximum atomic E-state index is 9.63. The average molecular weight is 583 g/mol. The first-order chi connectivity index (χ1) is 22.7. The van der Waals surface area contributed by atoms with Crippen molar-refractivity contribution in [3.05, 3.63) is 175 Å². The van der Waals surface area contributed by atoms with Crippen LogP contribution < -0.4 is 0 Å². The molecule has 0 unspecified atom stereocenters. The zero-order valence-electron chi connectivity index (χ0n) is 24.9. The van der Waals surface area contributed by atoms with Crippen LogP contribution in [0, 0.1) is 17.9 Å². The summed E-state index contributed by atoms with van der Waals surface area (Å²) >= 11 is 0. The number of hydrogen-bond acceptors (Lipinski definition) is 1. The summed E-state index contributed by atoms with van der Waals surface area (Å²) in [6.07, 6.45) is 0. The summed E-state index contributed by atoms with van der Waals surface area (Å²) in [7, 11) is 0. The van der Waals surface area contributed by atoms with Crippen molar-refractivity contribution in [3.63, 3.8) is 0 Å². The van der Waals surface area contributed by atoms with Gasteiger partial charge in [-0.2, -0.15) is 5.26 Å². The van der Waals surface area contributed by atoms with Crippen LogP contribution in [0.15, 0.2) is 158 Å². The Hall–Kier alpha value is -6.48. The van der Waals surface area contributed by atoms with E-state index in [2.05, 4.69) is 120 Å². The molecule has 8 aromatic rings. The summed E-state index contributed by atoms with van der Waals surface area (Å²) in [6.45, 7) is 7.59. The van der Waals surface area contributed by atoms with E-state index >= 15 is 0 Å². The van der Waals surface area contributed by atoms with Crippen LogP contribution in [0.1, 0.15) is 5.56 Å². The molecule has 0 aliphatic rings. The third-order valence-corrected chi connectivity index (χ3v) is 8.97. The van der Waals surface area contributed by atoms with Crippen LogP contribution in [0.25, 0.3) is 81.7 Å². The van der Waals surface area contributed by atoms with Gasteiger partial charge in [0.1, 0.15) is 0 Å². The van der Waals surface area contributed by atoms with Gasteiger partial charge in [-0.05, 0) is 95.0 Å². The normalized spacial score (nSPS) is 11.0. The molecule has 0 atom stereocenters. The standard InChI is InChI=1S/C44H26N2/c1-46-44-17-9-8-12-35(44)30-20-24-32(25-21-30)41-27-43-38-15-6-4-13-36(38)40(26-42(43)39-16-7-5-14-37(39)41)31-22-18-29(19-23-31)34-11-3-2-10-33(34)28-45/h2-27H. The van der Waals surface area contributed by atoms with Crippen molar-refractivity contribution in [2.45, 2.75) is 0 Å². The van der Waals surface area contributed by atoms with Crippen molar-refractivity contribution in [2.24, 2.45) is 0 Å². The molecular weight excluding hydrogens is 556 g/mol. The van der Waals surface area contributed by atoms with Crippen molar-refractivity contribution in [3.8, 4) is 50.6 Å². The molecule has 0 radical (unpaired) electrons. The fraction of sp³-hybridized carbons (Fsp3) is 0. The van der Waals surface area contributed by atoms with Crippen LogP contribution in [0.5, 0.6) is 0 Å². The molecule has 0 aliphatic heterocycles. The third-order valence-electron chi connectivity index (χ3n) is 8.97. The largest absolute Gasteiger partial charge is 0.238 e. The smallest absolute Gasteiger partial charge is 0.194 e. The van der Waals surface area contributed by atoms with Crippen LogP contribution in [0.4, 0.5) is 5.69 Å². The average Bonchev–Trinajstić information content (AvgIpc) is 3.14. The summed E-state index contributed by atoms with van der Waals surface area (Å²) in [4.78, 5) is 3.72. The highest BCUT2D eigenvalue weighted by Gasteiger charge is 2.15. The van der Waals surface area contributed by atoms with Crippen LogP contribution >= 0.6 is 0 Å². The molecule has 0 saturated heterocycles. The maximum absolute atomic E-state index is 9.63. The van der Waals surface area contributed by atoms with Gasteiger partial charge in [0.25, 0.3) is 0 Å². The van der Waals surface area contributed by atoms with Gasteiger partial charge >= 0.3 is 0 Å². The quantitative estimate of drug-likeness (QED) is 0.150. The molecule has 2 heteroatoms. The molecule has 0 aliphatic carbocycles. The highest BCUT2D eigenvalue weighted by Crippen LogP contribution is 2.42. The first-order valence-electron chi connectivity index (χ1n) is 15.3. The van der Waals surface area contributed by atoms with Crippen molar-refractivity contribution < 1.29 is 0 Å². The van der Waals surface area contributed by atoms with E-state index in [-0.39, 0.29) is 0 Å². The molecule has 0 bridgehead atoms. The molecule has 8 aromatic carbocycles. The van der Waals surface area contributed by atoms with Crippen LogP contribution in [0.2, 0.25) is 0 Å². The predicted octanol–water partition coefficient (Wildman–Crippen LogP) is 12.2. The molecule has 0 spiro atoms. The number of rotatable bonds is 4. The van der Waals surface area contributed by atoms with Gasteiger partial charge in [0.05, 0.1) is 18.2 Å². The number of benzene rings is 8. The number of para-hydroxylation sites is 1. The summed E-state index contributed by atoms with van der Waals surface area (Å²) in [5.74, 6) is 0. The number of nitrogens with zero attached hydrogens (tertiary/aromatic N) is 2. The monoisotopic (exact) mass is 582 g/mol. The van der Waals surface area contributed by atoms with Gasteiger partial charge in [0.2, 0.25) is 0 Å². The Labute approximate surface area is 267 Å². The second-order valence-electron chi connectivity index (χ2n) is 11.5. The highest BCUT2D eigenvalue weighted by molar-refractivity contribution is 6.23. The molecule has 0 aromatic heterocycles. The summed E-state index contributed by atoms with van der Waals surface area (Å²) in [5, 5.41) is 16.9. The summed E-state index contributed by atoms with van der Waals surface area (Å²) < 4.78 is 0. The van der Waals surface area contributed by atoms with Gasteiger partial charge in [0, 0.05) is 0 Å². The second kappa shape index (κ2) is 11.2. The maximum Gasteiger partial charge on any atom is 0.194 e. The Morgan fingerprint density at radius 1 is 0.391 bits per heavy atom. The fourth-order valence-electron chi connectivity index (χ4n) is 6.73. The molecular formula is C44H26N2. The van der Waals surface area contributed by atoms with E-state index in [1.807, 2.05) is 48.5 Å². The Bertz CT molecular complexity index is 2350. The minimum absolute atomic E-state index is 0.662.